The number of amidine groups is 1. The third kappa shape index (κ3) is 4.79. The molecule has 0 radical (unpaired) electrons. The molecule has 36 heavy (non-hydrogen) atoms. The lowest BCUT2D eigenvalue weighted by atomic mass is 10.1. The van der Waals surface area contributed by atoms with Gasteiger partial charge < -0.3 is 24.6 Å². The van der Waals surface area contributed by atoms with Crippen LogP contribution in [-0.4, -0.2) is 55.0 Å². The Kier molecular flexibility index (Phi) is 6.17. The van der Waals surface area contributed by atoms with Crippen molar-refractivity contribution in [3.05, 3.63) is 77.9 Å². The molecule has 7 nitrogen and oxygen atoms in total. The molecule has 186 valence electrons. The van der Waals surface area contributed by atoms with E-state index >= 15 is 0 Å². The van der Waals surface area contributed by atoms with Gasteiger partial charge in [0.05, 0.1) is 18.2 Å². The molecule has 2 heterocycles. The van der Waals surface area contributed by atoms with Gasteiger partial charge in [-0.2, -0.15) is 13.2 Å². The number of carbonyl (C=O) groups excluding carboxylic acids is 1. The number of rotatable bonds is 2. The fourth-order valence-corrected chi connectivity index (χ4v) is 4.17. The largest absolute Gasteiger partial charge is 0.497 e. The summed E-state index contributed by atoms with van der Waals surface area (Å²) >= 11 is 0. The maximum atomic E-state index is 13.0. The second kappa shape index (κ2) is 9.44. The number of para-hydroxylation sites is 2. The summed E-state index contributed by atoms with van der Waals surface area (Å²) in [6.07, 6.45) is -4.48. The lowest BCUT2D eigenvalue weighted by molar-refractivity contribution is -0.137. The normalized spacial score (nSPS) is 15.2. The fraction of sp³-hybridized carbons (Fsp3) is 0.231. The van der Waals surface area contributed by atoms with Crippen LogP contribution in [0, 0.1) is 0 Å². The lowest BCUT2D eigenvalue weighted by Crippen LogP contribution is -2.51. The van der Waals surface area contributed by atoms with Crippen LogP contribution in [0.15, 0.2) is 71.7 Å². The van der Waals surface area contributed by atoms with Crippen LogP contribution in [0.4, 0.5) is 29.3 Å². The number of nitrogens with zero attached hydrogens (tertiary/aromatic N) is 3. The van der Waals surface area contributed by atoms with Gasteiger partial charge in [0.2, 0.25) is 0 Å². The second-order valence-corrected chi connectivity index (χ2v) is 8.35. The molecule has 0 bridgehead atoms. The van der Waals surface area contributed by atoms with Crippen molar-refractivity contribution in [2.24, 2.45) is 4.99 Å². The first-order chi connectivity index (χ1) is 17.3. The Morgan fingerprint density at radius 1 is 0.972 bits per heavy atom. The van der Waals surface area contributed by atoms with Crippen LogP contribution in [0.5, 0.6) is 17.2 Å². The van der Waals surface area contributed by atoms with E-state index in [0.717, 1.165) is 17.7 Å². The van der Waals surface area contributed by atoms with E-state index in [0.29, 0.717) is 55.0 Å². The van der Waals surface area contributed by atoms with Crippen molar-refractivity contribution < 1.29 is 27.4 Å². The van der Waals surface area contributed by atoms with Crippen molar-refractivity contribution in [3.63, 3.8) is 0 Å². The standard InChI is InChI=1S/C26H23F3N4O3/c1-35-19-9-10-22-20(16-19)24(31-21-7-2-3-8-23(21)36-22)32-11-13-33(14-12-32)25(34)30-18-6-4-5-17(15-18)26(27,28)29/h2-10,15-16H,11-14H2,1H3,(H,30,34). The van der Waals surface area contributed by atoms with Crippen molar-refractivity contribution in [3.8, 4) is 17.2 Å². The number of ether oxygens (including phenoxy) is 2. The summed E-state index contributed by atoms with van der Waals surface area (Å²) in [7, 11) is 1.59. The summed E-state index contributed by atoms with van der Waals surface area (Å²) < 4.78 is 50.5. The van der Waals surface area contributed by atoms with Crippen LogP contribution < -0.4 is 14.8 Å². The number of alkyl halides is 3. The summed E-state index contributed by atoms with van der Waals surface area (Å²) in [5.74, 6) is 2.64. The van der Waals surface area contributed by atoms with Crippen molar-refractivity contribution in [2.75, 3.05) is 38.6 Å². The SMILES string of the molecule is COc1ccc2c(c1)C(N1CCN(C(=O)Nc3cccc(C(F)(F)F)c3)CC1)=Nc1ccccc1O2. The van der Waals surface area contributed by atoms with Crippen LogP contribution in [0.25, 0.3) is 0 Å². The molecule has 2 aliphatic rings. The number of methoxy groups -OCH3 is 1. The van der Waals surface area contributed by atoms with Gasteiger partial charge in [0.1, 0.15) is 23.0 Å². The molecule has 0 aromatic heterocycles. The lowest BCUT2D eigenvalue weighted by Gasteiger charge is -2.36. The number of hydrogen-bond donors (Lipinski definition) is 1. The predicted molar refractivity (Wildman–Crippen MR) is 129 cm³/mol. The molecule has 1 saturated heterocycles. The Hall–Kier alpha value is -4.21. The molecule has 3 aromatic carbocycles. The van der Waals surface area contributed by atoms with Crippen LogP contribution >= 0.6 is 0 Å². The number of halogens is 3. The topological polar surface area (TPSA) is 66.4 Å². The first kappa shape index (κ1) is 23.5. The molecule has 0 atom stereocenters. The number of hydrogen-bond acceptors (Lipinski definition) is 5. The number of piperazine rings is 1. The Labute approximate surface area is 205 Å². The Morgan fingerprint density at radius 2 is 1.75 bits per heavy atom. The van der Waals surface area contributed by atoms with Crippen LogP contribution in [0.3, 0.4) is 0 Å². The highest BCUT2D eigenvalue weighted by Crippen LogP contribution is 2.39. The van der Waals surface area contributed by atoms with E-state index in [-0.39, 0.29) is 5.69 Å². The van der Waals surface area contributed by atoms with Gasteiger partial charge in [-0.3, -0.25) is 0 Å². The minimum Gasteiger partial charge on any atom is -0.497 e. The number of benzene rings is 3. The zero-order valence-electron chi connectivity index (χ0n) is 19.4. The molecule has 1 N–H and O–H groups in total. The van der Waals surface area contributed by atoms with Gasteiger partial charge >= 0.3 is 12.2 Å². The minimum atomic E-state index is -4.48. The highest BCUT2D eigenvalue weighted by atomic mass is 19.4. The van der Waals surface area contributed by atoms with Crippen LogP contribution in [0.2, 0.25) is 0 Å². The van der Waals surface area contributed by atoms with Gasteiger partial charge in [0.25, 0.3) is 0 Å². The maximum Gasteiger partial charge on any atom is 0.416 e. The number of aliphatic imine (C=N–C) groups is 1. The van der Waals surface area contributed by atoms with Crippen molar-refractivity contribution >= 4 is 23.2 Å². The van der Waals surface area contributed by atoms with Gasteiger partial charge in [-0.1, -0.05) is 18.2 Å². The number of amides is 2. The Morgan fingerprint density at radius 3 is 2.50 bits per heavy atom. The molecular formula is C26H23F3N4O3. The highest BCUT2D eigenvalue weighted by Gasteiger charge is 2.31. The van der Waals surface area contributed by atoms with Crippen molar-refractivity contribution in [1.82, 2.24) is 9.80 Å². The predicted octanol–water partition coefficient (Wildman–Crippen LogP) is 5.75. The molecular weight excluding hydrogens is 473 g/mol. The second-order valence-electron chi connectivity index (χ2n) is 8.35. The number of nitrogens with one attached hydrogen (secondary N) is 1. The number of fused-ring (bicyclic) bond motifs is 2. The minimum absolute atomic E-state index is 0.0974. The first-order valence-electron chi connectivity index (χ1n) is 11.3. The fourth-order valence-electron chi connectivity index (χ4n) is 4.17. The molecule has 0 aliphatic carbocycles. The van der Waals surface area contributed by atoms with E-state index in [1.807, 2.05) is 42.5 Å². The Balaban J connectivity index is 1.34. The highest BCUT2D eigenvalue weighted by molar-refractivity contribution is 6.04. The zero-order chi connectivity index (χ0) is 25.3. The first-order valence-corrected chi connectivity index (χ1v) is 11.3. The number of urea groups is 1. The molecule has 1 fully saturated rings. The molecule has 2 amide bonds. The molecule has 5 rings (SSSR count). The van der Waals surface area contributed by atoms with E-state index in [1.54, 1.807) is 12.0 Å². The van der Waals surface area contributed by atoms with E-state index in [1.165, 1.54) is 12.1 Å². The third-order valence-electron chi connectivity index (χ3n) is 6.05. The van der Waals surface area contributed by atoms with Gasteiger partial charge in [-0.25, -0.2) is 9.79 Å². The summed E-state index contributed by atoms with van der Waals surface area (Å²) in [5.41, 5.74) is 0.744. The smallest absolute Gasteiger partial charge is 0.416 e. The van der Waals surface area contributed by atoms with Crippen molar-refractivity contribution in [1.29, 1.82) is 0 Å². The average Bonchev–Trinajstić information content (AvgIpc) is 3.04. The number of anilines is 1. The molecule has 0 spiro atoms. The van der Waals surface area contributed by atoms with Crippen LogP contribution in [0.1, 0.15) is 11.1 Å². The molecule has 10 heteroatoms. The Bertz CT molecular complexity index is 1320. The quantitative estimate of drug-likeness (QED) is 0.491. The van der Waals surface area contributed by atoms with E-state index in [2.05, 4.69) is 10.2 Å². The average molecular weight is 496 g/mol. The van der Waals surface area contributed by atoms with E-state index in [4.69, 9.17) is 14.5 Å². The summed E-state index contributed by atoms with van der Waals surface area (Å²) in [6.45, 7) is 1.69. The molecule has 3 aromatic rings. The van der Waals surface area contributed by atoms with Gasteiger partial charge in [0.15, 0.2) is 5.75 Å². The van der Waals surface area contributed by atoms with E-state index < -0.39 is 17.8 Å². The van der Waals surface area contributed by atoms with E-state index in [9.17, 15) is 18.0 Å². The van der Waals surface area contributed by atoms with Gasteiger partial charge in [-0.15, -0.1) is 0 Å². The summed E-state index contributed by atoms with van der Waals surface area (Å²) in [6, 6.07) is 17.2. The zero-order valence-corrected chi connectivity index (χ0v) is 19.4. The number of carbonyl (C=O) groups is 1. The van der Waals surface area contributed by atoms with Crippen LogP contribution in [-0.2, 0) is 6.18 Å². The summed E-state index contributed by atoms with van der Waals surface area (Å²) in [5, 5.41) is 2.57. The maximum absolute atomic E-state index is 13.0. The van der Waals surface area contributed by atoms with Crippen molar-refractivity contribution in [2.45, 2.75) is 6.18 Å². The monoisotopic (exact) mass is 496 g/mol. The van der Waals surface area contributed by atoms with Gasteiger partial charge in [0, 0.05) is 31.9 Å². The molecule has 0 unspecified atom stereocenters. The molecule has 0 saturated carbocycles. The third-order valence-corrected chi connectivity index (χ3v) is 6.05. The summed E-state index contributed by atoms with van der Waals surface area (Å²) in [4.78, 5) is 21.3. The molecule has 2 aliphatic heterocycles. The van der Waals surface area contributed by atoms with Gasteiger partial charge in [-0.05, 0) is 48.5 Å².